The van der Waals surface area contributed by atoms with Crippen LogP contribution in [0.2, 0.25) is 0 Å². The van der Waals surface area contributed by atoms with E-state index in [1.807, 2.05) is 6.92 Å². The number of aromatic nitrogens is 2. The van der Waals surface area contributed by atoms with Crippen LogP contribution in [0.1, 0.15) is 22.8 Å². The lowest BCUT2D eigenvalue weighted by atomic mass is 10.1. The van der Waals surface area contributed by atoms with Crippen LogP contribution < -0.4 is 15.8 Å². The van der Waals surface area contributed by atoms with Gasteiger partial charge in [-0.15, -0.1) is 0 Å². The molecule has 0 atom stereocenters. The Labute approximate surface area is 150 Å². The summed E-state index contributed by atoms with van der Waals surface area (Å²) in [5.41, 5.74) is 5.91. The third kappa shape index (κ3) is 4.42. The number of nitro groups is 1. The normalized spacial score (nSPS) is 10.3. The Morgan fingerprint density at radius 3 is 2.58 bits per heavy atom. The first kappa shape index (κ1) is 19.1. The Hall–Kier alpha value is -3.27. The van der Waals surface area contributed by atoms with Gasteiger partial charge in [0.05, 0.1) is 11.5 Å². The molecule has 26 heavy (non-hydrogen) atoms. The first-order chi connectivity index (χ1) is 12.5. The number of benzene rings is 1. The number of hydrogen-bond acceptors (Lipinski definition) is 8. The minimum Gasteiger partial charge on any atom is -0.395 e. The Morgan fingerprint density at radius 2 is 2.00 bits per heavy atom. The molecular formula is C16H20N6O4. The highest BCUT2D eigenvalue weighted by Crippen LogP contribution is 2.31. The molecule has 10 heteroatoms. The lowest BCUT2D eigenvalue weighted by Crippen LogP contribution is -2.32. The van der Waals surface area contributed by atoms with Gasteiger partial charge in [-0.3, -0.25) is 25.8 Å². The first-order valence-electron chi connectivity index (χ1n) is 7.96. The van der Waals surface area contributed by atoms with E-state index in [2.05, 4.69) is 20.8 Å². The number of anilines is 2. The van der Waals surface area contributed by atoms with Gasteiger partial charge in [-0.05, 0) is 26.0 Å². The van der Waals surface area contributed by atoms with Crippen LogP contribution in [-0.4, -0.2) is 45.6 Å². The quantitative estimate of drug-likeness (QED) is 0.473. The second-order valence-corrected chi connectivity index (χ2v) is 5.40. The van der Waals surface area contributed by atoms with Gasteiger partial charge in [0.1, 0.15) is 6.33 Å². The Morgan fingerprint density at radius 1 is 1.31 bits per heavy atom. The predicted molar refractivity (Wildman–Crippen MR) is 95.9 cm³/mol. The van der Waals surface area contributed by atoms with Gasteiger partial charge in [0, 0.05) is 18.7 Å². The maximum Gasteiger partial charge on any atom is 0.355 e. The van der Waals surface area contributed by atoms with Crippen LogP contribution in [0.5, 0.6) is 0 Å². The number of aliphatic hydroxyl groups excluding tert-OH is 1. The molecule has 10 nitrogen and oxygen atoms in total. The second-order valence-electron chi connectivity index (χ2n) is 5.40. The van der Waals surface area contributed by atoms with Crippen molar-refractivity contribution in [2.24, 2.45) is 0 Å². The number of aryl methyl sites for hydroxylation is 1. The number of hydrazine groups is 1. The minimum atomic E-state index is -0.629. The van der Waals surface area contributed by atoms with E-state index in [0.29, 0.717) is 12.1 Å². The molecule has 1 heterocycles. The molecule has 2 aromatic rings. The van der Waals surface area contributed by atoms with Crippen LogP contribution in [0, 0.1) is 17.0 Å². The molecule has 0 spiro atoms. The van der Waals surface area contributed by atoms with Crippen molar-refractivity contribution in [2.75, 3.05) is 30.0 Å². The highest BCUT2D eigenvalue weighted by molar-refractivity contribution is 5.95. The molecule has 0 saturated heterocycles. The maximum atomic E-state index is 12.2. The average molecular weight is 360 g/mol. The molecular weight excluding hydrogens is 340 g/mol. The van der Waals surface area contributed by atoms with Crippen LogP contribution in [0.15, 0.2) is 30.6 Å². The van der Waals surface area contributed by atoms with E-state index in [9.17, 15) is 14.9 Å². The fourth-order valence-corrected chi connectivity index (χ4v) is 2.29. The van der Waals surface area contributed by atoms with Crippen LogP contribution in [0.25, 0.3) is 0 Å². The molecule has 0 radical (unpaired) electrons. The summed E-state index contributed by atoms with van der Waals surface area (Å²) in [6, 6.07) is 6.86. The highest BCUT2D eigenvalue weighted by Gasteiger charge is 2.26. The van der Waals surface area contributed by atoms with Crippen molar-refractivity contribution in [3.8, 4) is 0 Å². The van der Waals surface area contributed by atoms with Crippen molar-refractivity contribution in [1.82, 2.24) is 15.4 Å². The van der Waals surface area contributed by atoms with Crippen molar-refractivity contribution in [1.29, 1.82) is 0 Å². The molecule has 2 rings (SSSR count). The van der Waals surface area contributed by atoms with E-state index >= 15 is 0 Å². The van der Waals surface area contributed by atoms with E-state index in [4.69, 9.17) is 5.11 Å². The molecule has 1 aromatic carbocycles. The van der Waals surface area contributed by atoms with E-state index in [1.54, 1.807) is 36.1 Å². The van der Waals surface area contributed by atoms with Gasteiger partial charge in [0.2, 0.25) is 11.6 Å². The van der Waals surface area contributed by atoms with Gasteiger partial charge in [-0.2, -0.15) is 0 Å². The standard InChI is InChI=1S/C16H20N6O4/c1-3-21(8-9-23)15-13(22(25)26)14(17-10-18-15)19-20-16(24)12-6-4-11(2)5-7-12/h4-7,10,23H,3,8-9H2,1-2H3,(H,20,24)(H,17,18,19). The van der Waals surface area contributed by atoms with Crippen molar-refractivity contribution < 1.29 is 14.8 Å². The Balaban J connectivity index is 2.24. The number of carbonyl (C=O) groups is 1. The molecule has 0 saturated carbocycles. The van der Waals surface area contributed by atoms with Crippen molar-refractivity contribution in [2.45, 2.75) is 13.8 Å². The van der Waals surface area contributed by atoms with Crippen LogP contribution in [0.3, 0.4) is 0 Å². The summed E-state index contributed by atoms with van der Waals surface area (Å²) in [5, 5.41) is 20.6. The molecule has 0 aliphatic heterocycles. The fraction of sp³-hybridized carbons (Fsp3) is 0.312. The minimum absolute atomic E-state index is 0.0636. The molecule has 3 N–H and O–H groups in total. The zero-order valence-electron chi connectivity index (χ0n) is 14.5. The zero-order valence-corrected chi connectivity index (χ0v) is 14.5. The molecule has 0 aliphatic carbocycles. The van der Waals surface area contributed by atoms with Crippen molar-refractivity contribution in [3.05, 3.63) is 51.8 Å². The summed E-state index contributed by atoms with van der Waals surface area (Å²) in [6.07, 6.45) is 1.16. The van der Waals surface area contributed by atoms with Gasteiger partial charge in [-0.1, -0.05) is 17.7 Å². The van der Waals surface area contributed by atoms with E-state index in [0.717, 1.165) is 11.9 Å². The lowest BCUT2D eigenvalue weighted by Gasteiger charge is -2.20. The monoisotopic (exact) mass is 360 g/mol. The number of nitrogens with zero attached hydrogens (tertiary/aromatic N) is 4. The lowest BCUT2D eigenvalue weighted by molar-refractivity contribution is -0.383. The molecule has 1 aromatic heterocycles. The summed E-state index contributed by atoms with van der Waals surface area (Å²) >= 11 is 0. The molecule has 138 valence electrons. The Kier molecular flexibility index (Phi) is 6.39. The van der Waals surface area contributed by atoms with Gasteiger partial charge >= 0.3 is 5.69 Å². The number of hydrogen-bond donors (Lipinski definition) is 3. The fourth-order valence-electron chi connectivity index (χ4n) is 2.29. The number of likely N-dealkylation sites (N-methyl/N-ethyl adjacent to an activating group) is 1. The van der Waals surface area contributed by atoms with Gasteiger partial charge in [0.25, 0.3) is 5.91 Å². The topological polar surface area (TPSA) is 134 Å². The second kappa shape index (κ2) is 8.72. The largest absolute Gasteiger partial charge is 0.395 e. The number of nitrogens with one attached hydrogen (secondary N) is 2. The van der Waals surface area contributed by atoms with E-state index in [1.165, 1.54) is 0 Å². The smallest absolute Gasteiger partial charge is 0.355 e. The number of aliphatic hydroxyl groups is 1. The summed E-state index contributed by atoms with van der Waals surface area (Å²) in [4.78, 5) is 32.4. The number of rotatable bonds is 8. The van der Waals surface area contributed by atoms with Gasteiger partial charge in [0.15, 0.2) is 0 Å². The van der Waals surface area contributed by atoms with Crippen LogP contribution in [0.4, 0.5) is 17.3 Å². The van der Waals surface area contributed by atoms with Gasteiger partial charge < -0.3 is 10.0 Å². The average Bonchev–Trinajstić information content (AvgIpc) is 2.64. The number of amides is 1. The summed E-state index contributed by atoms with van der Waals surface area (Å²) in [6.45, 7) is 4.10. The molecule has 1 amide bonds. The molecule has 0 aliphatic rings. The maximum absolute atomic E-state index is 12.2. The first-order valence-corrected chi connectivity index (χ1v) is 7.96. The third-order valence-corrected chi connectivity index (χ3v) is 3.64. The predicted octanol–water partition coefficient (Wildman–Crippen LogP) is 1.27. The van der Waals surface area contributed by atoms with E-state index in [-0.39, 0.29) is 30.5 Å². The van der Waals surface area contributed by atoms with Crippen LogP contribution >= 0.6 is 0 Å². The molecule has 0 bridgehead atoms. The summed E-state index contributed by atoms with van der Waals surface area (Å²) in [5.74, 6) is -0.535. The molecule has 0 fully saturated rings. The van der Waals surface area contributed by atoms with Crippen molar-refractivity contribution >= 4 is 23.2 Å². The third-order valence-electron chi connectivity index (χ3n) is 3.64. The molecule has 0 unspecified atom stereocenters. The highest BCUT2D eigenvalue weighted by atomic mass is 16.6. The van der Waals surface area contributed by atoms with Gasteiger partial charge in [-0.25, -0.2) is 9.97 Å². The van der Waals surface area contributed by atoms with Crippen molar-refractivity contribution in [3.63, 3.8) is 0 Å². The summed E-state index contributed by atoms with van der Waals surface area (Å²) < 4.78 is 0. The van der Waals surface area contributed by atoms with E-state index < -0.39 is 10.8 Å². The Bertz CT molecular complexity index is 781. The summed E-state index contributed by atoms with van der Waals surface area (Å²) in [7, 11) is 0. The van der Waals surface area contributed by atoms with Crippen LogP contribution in [-0.2, 0) is 0 Å². The zero-order chi connectivity index (χ0) is 19.1. The SMILES string of the molecule is CCN(CCO)c1ncnc(NNC(=O)c2ccc(C)cc2)c1[N+](=O)[O-]. The number of carbonyl (C=O) groups excluding carboxylic acids is 1.